The molecule has 4 nitrogen and oxygen atoms in total. The second kappa shape index (κ2) is 8.99. The summed E-state index contributed by atoms with van der Waals surface area (Å²) < 4.78 is 8.10. The van der Waals surface area contributed by atoms with E-state index in [1.807, 2.05) is 0 Å². The lowest BCUT2D eigenvalue weighted by Crippen LogP contribution is -2.45. The number of rotatable bonds is 4. The summed E-state index contributed by atoms with van der Waals surface area (Å²) in [6.45, 7) is 13.0. The Kier molecular flexibility index (Phi) is 6.09. The summed E-state index contributed by atoms with van der Waals surface area (Å²) in [5.41, 5.74) is 7.60. The average molecular weight is 432 g/mol. The summed E-state index contributed by atoms with van der Waals surface area (Å²) in [5.74, 6) is 1.15. The van der Waals surface area contributed by atoms with Gasteiger partial charge in [-0.15, -0.1) is 0 Å². The van der Waals surface area contributed by atoms with E-state index >= 15 is 0 Å². The molecule has 170 valence electrons. The third-order valence-electron chi connectivity index (χ3n) is 7.48. The van der Waals surface area contributed by atoms with Crippen molar-refractivity contribution < 1.29 is 4.74 Å². The van der Waals surface area contributed by atoms with E-state index in [0.29, 0.717) is 17.9 Å². The molecule has 0 spiro atoms. The molecular formula is C28H37N3O. The zero-order chi connectivity index (χ0) is 22.2. The van der Waals surface area contributed by atoms with Crippen LogP contribution < -0.4 is 0 Å². The third kappa shape index (κ3) is 4.23. The lowest BCUT2D eigenvalue weighted by Gasteiger charge is -2.39. The largest absolute Gasteiger partial charge is 0.380 e. The lowest BCUT2D eigenvalue weighted by atomic mass is 9.87. The van der Waals surface area contributed by atoms with Crippen LogP contribution in [0.15, 0.2) is 36.5 Å². The topological polar surface area (TPSA) is 30.3 Å². The minimum atomic E-state index is 0.492. The van der Waals surface area contributed by atoms with Crippen molar-refractivity contribution >= 4 is 10.9 Å². The lowest BCUT2D eigenvalue weighted by molar-refractivity contribution is 0.00886. The molecule has 32 heavy (non-hydrogen) atoms. The third-order valence-corrected chi connectivity index (χ3v) is 7.48. The molecule has 0 radical (unpaired) electrons. The number of hydrogen-bond donors (Lipinski definition) is 0. The van der Waals surface area contributed by atoms with Gasteiger partial charge in [0.25, 0.3) is 0 Å². The zero-order valence-corrected chi connectivity index (χ0v) is 20.1. The maximum atomic E-state index is 5.74. The first-order chi connectivity index (χ1) is 15.5. The first-order valence-electron chi connectivity index (χ1n) is 12.4. The van der Waals surface area contributed by atoms with Gasteiger partial charge >= 0.3 is 0 Å². The molecule has 0 aliphatic carbocycles. The Hall–Kier alpha value is -2.17. The van der Waals surface area contributed by atoms with Gasteiger partial charge in [-0.1, -0.05) is 19.9 Å². The van der Waals surface area contributed by atoms with Gasteiger partial charge in [-0.25, -0.2) is 0 Å². The van der Waals surface area contributed by atoms with Gasteiger partial charge in [-0.2, -0.15) is 0 Å². The van der Waals surface area contributed by atoms with Crippen LogP contribution in [-0.2, 0) is 4.74 Å². The Labute approximate surface area is 192 Å². The number of piperidine rings is 1. The number of nitrogens with zero attached hydrogens (tertiary/aromatic N) is 3. The van der Waals surface area contributed by atoms with Crippen LogP contribution in [0.2, 0.25) is 0 Å². The van der Waals surface area contributed by atoms with Crippen LogP contribution in [0, 0.1) is 13.8 Å². The molecule has 2 fully saturated rings. The second-order valence-corrected chi connectivity index (χ2v) is 10.2. The maximum absolute atomic E-state index is 5.74. The van der Waals surface area contributed by atoms with E-state index in [4.69, 9.17) is 4.74 Å². The van der Waals surface area contributed by atoms with Crippen LogP contribution in [-0.4, -0.2) is 46.8 Å². The van der Waals surface area contributed by atoms with Crippen molar-refractivity contribution in [2.24, 2.45) is 0 Å². The highest BCUT2D eigenvalue weighted by atomic mass is 16.5. The molecule has 1 aromatic carbocycles. The molecule has 2 aromatic heterocycles. The predicted molar refractivity (Wildman–Crippen MR) is 132 cm³/mol. The maximum Gasteiger partial charge on any atom is 0.0621 e. The number of benzene rings is 1. The fraction of sp³-hybridized carbons (Fsp3) is 0.536. The zero-order valence-electron chi connectivity index (χ0n) is 20.1. The van der Waals surface area contributed by atoms with Crippen LogP contribution in [0.3, 0.4) is 0 Å². The van der Waals surface area contributed by atoms with Crippen molar-refractivity contribution in [1.29, 1.82) is 0 Å². The monoisotopic (exact) mass is 431 g/mol. The van der Waals surface area contributed by atoms with Crippen molar-refractivity contribution in [3.8, 4) is 5.69 Å². The van der Waals surface area contributed by atoms with Gasteiger partial charge in [0.1, 0.15) is 0 Å². The van der Waals surface area contributed by atoms with Gasteiger partial charge in [-0.05, 0) is 99.8 Å². The van der Waals surface area contributed by atoms with Gasteiger partial charge in [0.15, 0.2) is 0 Å². The molecule has 0 amide bonds. The highest BCUT2D eigenvalue weighted by molar-refractivity contribution is 5.87. The molecule has 1 atom stereocenters. The highest BCUT2D eigenvalue weighted by Crippen LogP contribution is 2.36. The minimum Gasteiger partial charge on any atom is -0.380 e. The first kappa shape index (κ1) is 21.7. The quantitative estimate of drug-likeness (QED) is 0.498. The molecule has 1 unspecified atom stereocenters. The van der Waals surface area contributed by atoms with Gasteiger partial charge < -0.3 is 9.30 Å². The Morgan fingerprint density at radius 2 is 1.75 bits per heavy atom. The summed E-state index contributed by atoms with van der Waals surface area (Å²) in [6.07, 6.45) is 7.37. The van der Waals surface area contributed by atoms with Crippen molar-refractivity contribution in [2.45, 2.75) is 71.3 Å². The summed E-state index contributed by atoms with van der Waals surface area (Å²) in [6, 6.07) is 12.2. The number of ether oxygens (including phenoxy) is 1. The normalized spacial score (nSPS) is 21.0. The average Bonchev–Trinajstić information content (AvgIpc) is 3.18. The fourth-order valence-electron chi connectivity index (χ4n) is 5.76. The number of likely N-dealkylation sites (tertiary alicyclic amines) is 1. The summed E-state index contributed by atoms with van der Waals surface area (Å²) in [4.78, 5) is 7.25. The van der Waals surface area contributed by atoms with E-state index in [0.717, 1.165) is 24.6 Å². The Balaban J connectivity index is 1.43. The Morgan fingerprint density at radius 1 is 1.00 bits per heavy atom. The molecule has 2 saturated heterocycles. The van der Waals surface area contributed by atoms with E-state index < -0.39 is 0 Å². The molecule has 4 heteroatoms. The molecular weight excluding hydrogens is 394 g/mol. The Bertz CT molecular complexity index is 1070. The number of aryl methyl sites for hydroxylation is 2. The smallest absolute Gasteiger partial charge is 0.0621 e. The van der Waals surface area contributed by atoms with Crippen LogP contribution >= 0.6 is 0 Å². The molecule has 3 aromatic rings. The van der Waals surface area contributed by atoms with Gasteiger partial charge in [0.2, 0.25) is 0 Å². The van der Waals surface area contributed by atoms with Gasteiger partial charge in [0.05, 0.1) is 12.1 Å². The standard InChI is InChI=1S/C28H37N3O/c1-19(2)27-17-31(25-14-20(3)29-21(4)15-25)28-8-7-23(16-26(27)28)22-9-11-30(12-10-22)24-6-5-13-32-18-24/h7-8,14-17,19,22,24H,5-6,9-13,18H2,1-4H3. The fourth-order valence-corrected chi connectivity index (χ4v) is 5.76. The van der Waals surface area contributed by atoms with Crippen LogP contribution in [0.5, 0.6) is 0 Å². The van der Waals surface area contributed by atoms with Gasteiger partial charge in [0, 0.05) is 41.3 Å². The highest BCUT2D eigenvalue weighted by Gasteiger charge is 2.27. The van der Waals surface area contributed by atoms with E-state index in [-0.39, 0.29) is 0 Å². The molecule has 4 heterocycles. The molecule has 2 aliphatic heterocycles. The molecule has 2 aliphatic rings. The summed E-state index contributed by atoms with van der Waals surface area (Å²) >= 11 is 0. The van der Waals surface area contributed by atoms with E-state index in [1.54, 1.807) is 0 Å². The van der Waals surface area contributed by atoms with Crippen LogP contribution in [0.4, 0.5) is 0 Å². The first-order valence-corrected chi connectivity index (χ1v) is 12.4. The number of hydrogen-bond acceptors (Lipinski definition) is 3. The summed E-state index contributed by atoms with van der Waals surface area (Å²) in [5, 5.41) is 1.41. The van der Waals surface area contributed by atoms with Crippen molar-refractivity contribution in [2.75, 3.05) is 26.3 Å². The van der Waals surface area contributed by atoms with Crippen molar-refractivity contribution in [3.05, 3.63) is 59.0 Å². The van der Waals surface area contributed by atoms with E-state index in [1.165, 1.54) is 66.5 Å². The molecule has 0 saturated carbocycles. The van der Waals surface area contributed by atoms with Crippen LogP contribution in [0.1, 0.15) is 73.9 Å². The SMILES string of the molecule is Cc1cc(-n2cc(C(C)C)c3cc(C4CCN(C5CCCOC5)CC4)ccc32)cc(C)n1. The molecule has 0 bridgehead atoms. The van der Waals surface area contributed by atoms with E-state index in [2.05, 4.69) is 78.7 Å². The molecule has 5 rings (SSSR count). The van der Waals surface area contributed by atoms with Gasteiger partial charge in [-0.3, -0.25) is 9.88 Å². The number of pyridine rings is 1. The second-order valence-electron chi connectivity index (χ2n) is 10.2. The Morgan fingerprint density at radius 3 is 2.41 bits per heavy atom. The van der Waals surface area contributed by atoms with Crippen LogP contribution in [0.25, 0.3) is 16.6 Å². The minimum absolute atomic E-state index is 0.492. The predicted octanol–water partition coefficient (Wildman–Crippen LogP) is 6.12. The molecule has 0 N–H and O–H groups in total. The van der Waals surface area contributed by atoms with Crippen molar-refractivity contribution in [3.63, 3.8) is 0 Å². The van der Waals surface area contributed by atoms with Crippen molar-refractivity contribution in [1.82, 2.24) is 14.5 Å². The number of aromatic nitrogens is 2. The summed E-state index contributed by atoms with van der Waals surface area (Å²) in [7, 11) is 0. The van der Waals surface area contributed by atoms with E-state index in [9.17, 15) is 0 Å². The number of fused-ring (bicyclic) bond motifs is 1.